The zero-order valence-corrected chi connectivity index (χ0v) is 11.5. The van der Waals surface area contributed by atoms with Crippen LogP contribution in [0.4, 0.5) is 0 Å². The molecule has 0 unspecified atom stereocenters. The van der Waals surface area contributed by atoms with E-state index in [1.165, 1.54) is 0 Å². The first-order chi connectivity index (χ1) is 9.01. The smallest absolute Gasteiger partial charge is 0.182 e. The summed E-state index contributed by atoms with van der Waals surface area (Å²) in [7, 11) is -3.32. The molecule has 19 heavy (non-hydrogen) atoms. The molecule has 1 aromatic carbocycles. The fourth-order valence-corrected chi connectivity index (χ4v) is 3.11. The van der Waals surface area contributed by atoms with E-state index < -0.39 is 9.84 Å². The number of nitrogens with two attached hydrogens (primary N) is 1. The monoisotopic (exact) mass is 276 g/mol. The molecule has 0 amide bonds. The van der Waals surface area contributed by atoms with Crippen molar-refractivity contribution in [1.82, 2.24) is 4.98 Å². The number of hydrogen-bond acceptors (Lipinski definition) is 4. The number of hydrogen-bond donors (Lipinski definition) is 1. The fourth-order valence-electron chi connectivity index (χ4n) is 1.78. The van der Waals surface area contributed by atoms with Crippen molar-refractivity contribution in [1.29, 1.82) is 0 Å². The van der Waals surface area contributed by atoms with Gasteiger partial charge in [-0.1, -0.05) is 17.7 Å². The normalized spacial score (nSPS) is 11.5. The third-order valence-electron chi connectivity index (χ3n) is 2.83. The molecular weight excluding hydrogens is 260 g/mol. The van der Waals surface area contributed by atoms with E-state index in [9.17, 15) is 8.42 Å². The first-order valence-corrected chi connectivity index (χ1v) is 7.60. The Morgan fingerprint density at radius 3 is 2.47 bits per heavy atom. The molecule has 1 aromatic heterocycles. The van der Waals surface area contributed by atoms with Crippen molar-refractivity contribution in [3.63, 3.8) is 0 Å². The third-order valence-corrected chi connectivity index (χ3v) is 4.53. The molecular formula is C14H16N2O2S. The van der Waals surface area contributed by atoms with Gasteiger partial charge >= 0.3 is 0 Å². The van der Waals surface area contributed by atoms with Gasteiger partial charge in [0.2, 0.25) is 0 Å². The predicted molar refractivity (Wildman–Crippen MR) is 74.2 cm³/mol. The van der Waals surface area contributed by atoms with Gasteiger partial charge in [-0.2, -0.15) is 0 Å². The van der Waals surface area contributed by atoms with E-state index in [4.69, 9.17) is 5.73 Å². The summed E-state index contributed by atoms with van der Waals surface area (Å²) in [5, 5.41) is 0. The maximum absolute atomic E-state index is 12.3. The van der Waals surface area contributed by atoms with Crippen LogP contribution in [0.15, 0.2) is 47.5 Å². The molecule has 0 aliphatic carbocycles. The molecule has 4 nitrogen and oxygen atoms in total. The van der Waals surface area contributed by atoms with E-state index in [1.807, 2.05) is 6.92 Å². The maximum atomic E-state index is 12.3. The number of pyridine rings is 1. The van der Waals surface area contributed by atoms with Gasteiger partial charge in [-0.15, -0.1) is 0 Å². The lowest BCUT2D eigenvalue weighted by Gasteiger charge is -2.06. The highest BCUT2D eigenvalue weighted by molar-refractivity contribution is 7.90. The molecule has 0 radical (unpaired) electrons. The molecule has 2 rings (SSSR count). The summed E-state index contributed by atoms with van der Waals surface area (Å²) >= 11 is 0. The number of benzene rings is 1. The van der Waals surface area contributed by atoms with Crippen LogP contribution in [0.25, 0.3) is 0 Å². The number of nitrogens with zero attached hydrogens (tertiary/aromatic N) is 1. The van der Waals surface area contributed by atoms with Crippen molar-refractivity contribution < 1.29 is 8.42 Å². The number of rotatable bonds is 4. The predicted octanol–water partition coefficient (Wildman–Crippen LogP) is 1.82. The Labute approximate surface area is 113 Å². The molecule has 2 aromatic rings. The van der Waals surface area contributed by atoms with Crippen molar-refractivity contribution in [2.45, 2.75) is 24.1 Å². The Morgan fingerprint density at radius 1 is 1.16 bits per heavy atom. The van der Waals surface area contributed by atoms with Crippen LogP contribution in [-0.4, -0.2) is 13.4 Å². The molecule has 0 spiro atoms. The van der Waals surface area contributed by atoms with Crippen LogP contribution in [0.2, 0.25) is 0 Å². The topological polar surface area (TPSA) is 73.0 Å². The summed E-state index contributed by atoms with van der Waals surface area (Å²) in [4.78, 5) is 4.39. The Balaban J connectivity index is 2.28. The largest absolute Gasteiger partial charge is 0.325 e. The minimum absolute atomic E-state index is 0.0361. The second-order valence-electron chi connectivity index (χ2n) is 4.43. The van der Waals surface area contributed by atoms with Crippen molar-refractivity contribution in [3.8, 4) is 0 Å². The maximum Gasteiger partial charge on any atom is 0.182 e. The molecule has 5 heteroatoms. The highest BCUT2D eigenvalue weighted by Crippen LogP contribution is 2.17. The average Bonchev–Trinajstić information content (AvgIpc) is 2.39. The third kappa shape index (κ3) is 3.39. The zero-order chi connectivity index (χ0) is 13.9. The summed E-state index contributed by atoms with van der Waals surface area (Å²) in [6.45, 7) is 2.23. The first-order valence-electron chi connectivity index (χ1n) is 5.94. The average molecular weight is 276 g/mol. The van der Waals surface area contributed by atoms with Crippen molar-refractivity contribution in [2.24, 2.45) is 5.73 Å². The van der Waals surface area contributed by atoms with Gasteiger partial charge in [0.15, 0.2) is 9.84 Å². The molecule has 1 heterocycles. The van der Waals surface area contributed by atoms with Gasteiger partial charge in [-0.3, -0.25) is 4.98 Å². The quantitative estimate of drug-likeness (QED) is 0.924. The van der Waals surface area contributed by atoms with E-state index >= 15 is 0 Å². The Hall–Kier alpha value is -1.72. The molecule has 0 atom stereocenters. The first kappa shape index (κ1) is 13.7. The zero-order valence-electron chi connectivity index (χ0n) is 10.7. The van der Waals surface area contributed by atoms with E-state index in [2.05, 4.69) is 4.98 Å². The number of aryl methyl sites for hydroxylation is 1. The lowest BCUT2D eigenvalue weighted by atomic mass is 10.2. The standard InChI is InChI=1S/C14H16N2O2S/c1-11-2-4-14(5-3-11)19(17,18)10-12-6-7-16-13(8-12)9-15/h2-8H,9-10,15H2,1H3. The van der Waals surface area contributed by atoms with E-state index in [1.54, 1.807) is 42.6 Å². The van der Waals surface area contributed by atoms with Crippen LogP contribution in [0.1, 0.15) is 16.8 Å². The number of sulfone groups is 1. The van der Waals surface area contributed by atoms with Gasteiger partial charge in [0.25, 0.3) is 0 Å². The highest BCUT2D eigenvalue weighted by atomic mass is 32.2. The van der Waals surface area contributed by atoms with E-state index in [0.29, 0.717) is 22.7 Å². The van der Waals surface area contributed by atoms with Crippen LogP contribution >= 0.6 is 0 Å². The van der Waals surface area contributed by atoms with Crippen molar-refractivity contribution in [2.75, 3.05) is 0 Å². The molecule has 100 valence electrons. The van der Waals surface area contributed by atoms with Crippen LogP contribution < -0.4 is 5.73 Å². The molecule has 0 fully saturated rings. The molecule has 0 aliphatic rings. The van der Waals surface area contributed by atoms with Crippen molar-refractivity contribution >= 4 is 9.84 Å². The van der Waals surface area contributed by atoms with Gasteiger partial charge < -0.3 is 5.73 Å². The number of aromatic nitrogens is 1. The fraction of sp³-hybridized carbons (Fsp3) is 0.214. The highest BCUT2D eigenvalue weighted by Gasteiger charge is 2.15. The molecule has 0 aliphatic heterocycles. The Kier molecular flexibility index (Phi) is 3.97. The van der Waals surface area contributed by atoms with Gasteiger partial charge in [0, 0.05) is 12.7 Å². The summed E-state index contributed by atoms with van der Waals surface area (Å²) in [6.07, 6.45) is 1.59. The van der Waals surface area contributed by atoms with Crippen LogP contribution in [0, 0.1) is 6.92 Å². The molecule has 0 bridgehead atoms. The van der Waals surface area contributed by atoms with Crippen molar-refractivity contribution in [3.05, 3.63) is 59.4 Å². The minimum atomic E-state index is -3.32. The van der Waals surface area contributed by atoms with E-state index in [-0.39, 0.29) is 5.75 Å². The SMILES string of the molecule is Cc1ccc(S(=O)(=O)Cc2ccnc(CN)c2)cc1. The molecule has 2 N–H and O–H groups in total. The Morgan fingerprint density at radius 2 is 1.84 bits per heavy atom. The van der Waals surface area contributed by atoms with Gasteiger partial charge in [-0.05, 0) is 36.8 Å². The minimum Gasteiger partial charge on any atom is -0.325 e. The molecule has 0 saturated heterocycles. The van der Waals surface area contributed by atoms with Gasteiger partial charge in [-0.25, -0.2) is 8.42 Å². The van der Waals surface area contributed by atoms with Gasteiger partial charge in [0.05, 0.1) is 16.3 Å². The summed E-state index contributed by atoms with van der Waals surface area (Å²) in [5.74, 6) is -0.0361. The summed E-state index contributed by atoms with van der Waals surface area (Å²) < 4.78 is 24.5. The lowest BCUT2D eigenvalue weighted by Crippen LogP contribution is -2.07. The van der Waals surface area contributed by atoms with Crippen LogP contribution in [0.3, 0.4) is 0 Å². The molecule has 0 saturated carbocycles. The summed E-state index contributed by atoms with van der Waals surface area (Å²) in [5.41, 5.74) is 7.93. The second-order valence-corrected chi connectivity index (χ2v) is 6.42. The summed E-state index contributed by atoms with van der Waals surface area (Å²) in [6, 6.07) is 10.3. The van der Waals surface area contributed by atoms with Gasteiger partial charge in [0.1, 0.15) is 0 Å². The van der Waals surface area contributed by atoms with Crippen LogP contribution in [-0.2, 0) is 22.1 Å². The van der Waals surface area contributed by atoms with Crippen LogP contribution in [0.5, 0.6) is 0 Å². The van der Waals surface area contributed by atoms with E-state index in [0.717, 1.165) is 5.56 Å². The second kappa shape index (κ2) is 5.50. The lowest BCUT2D eigenvalue weighted by molar-refractivity contribution is 0.595. The Bertz CT molecular complexity index is 664.